The molecule has 0 radical (unpaired) electrons. The molecule has 1 N–H and O–H groups in total. The third-order valence-electron chi connectivity index (χ3n) is 3.14. The van der Waals surface area contributed by atoms with Gasteiger partial charge in [0.2, 0.25) is 0 Å². The predicted molar refractivity (Wildman–Crippen MR) is 58.9 cm³/mol. The first-order valence-electron chi connectivity index (χ1n) is 5.71. The summed E-state index contributed by atoms with van der Waals surface area (Å²) in [4.78, 5) is 0. The Balaban J connectivity index is 2.33. The fourth-order valence-corrected chi connectivity index (χ4v) is 2.15. The van der Waals surface area contributed by atoms with Gasteiger partial charge in [0.1, 0.15) is 0 Å². The monoisotopic (exact) mass is 181 g/mol. The fourth-order valence-electron chi connectivity index (χ4n) is 2.15. The number of unbranched alkanes of at least 4 members (excludes halogenated alkanes) is 1. The second-order valence-corrected chi connectivity index (χ2v) is 4.20. The van der Waals surface area contributed by atoms with E-state index in [1.807, 2.05) is 0 Å². The zero-order valence-electron chi connectivity index (χ0n) is 8.94. The molecule has 1 aliphatic carbocycles. The van der Waals surface area contributed by atoms with Crippen LogP contribution in [0.3, 0.4) is 0 Å². The second kappa shape index (κ2) is 5.43. The Morgan fingerprint density at radius 1 is 1.31 bits per heavy atom. The van der Waals surface area contributed by atoms with E-state index in [4.69, 9.17) is 0 Å². The molecule has 0 aromatic carbocycles. The van der Waals surface area contributed by atoms with Crippen molar-refractivity contribution in [2.24, 2.45) is 0 Å². The van der Waals surface area contributed by atoms with Crippen molar-refractivity contribution in [1.82, 2.24) is 5.32 Å². The maximum absolute atomic E-state index is 3.97. The Morgan fingerprint density at radius 2 is 2.00 bits per heavy atom. The van der Waals surface area contributed by atoms with E-state index in [0.29, 0.717) is 0 Å². The highest BCUT2D eigenvalue weighted by Gasteiger charge is 2.27. The summed E-state index contributed by atoms with van der Waals surface area (Å²) in [6.45, 7) is 7.37. The molecule has 1 saturated carbocycles. The van der Waals surface area contributed by atoms with E-state index in [-0.39, 0.29) is 5.54 Å². The van der Waals surface area contributed by atoms with Gasteiger partial charge in [0.15, 0.2) is 0 Å². The first kappa shape index (κ1) is 10.8. The fraction of sp³-hybridized carbons (Fsp3) is 0.833. The van der Waals surface area contributed by atoms with Gasteiger partial charge in [0.25, 0.3) is 0 Å². The average Bonchev–Trinajstić information content (AvgIpc) is 2.20. The van der Waals surface area contributed by atoms with Crippen LogP contribution < -0.4 is 5.32 Å². The summed E-state index contributed by atoms with van der Waals surface area (Å²) in [6.07, 6.45) is 11.4. The smallest absolute Gasteiger partial charge is 0.0361 e. The molecule has 0 amide bonds. The van der Waals surface area contributed by atoms with Crippen LogP contribution in [0.25, 0.3) is 0 Å². The van der Waals surface area contributed by atoms with Gasteiger partial charge in [0.05, 0.1) is 0 Å². The van der Waals surface area contributed by atoms with Gasteiger partial charge < -0.3 is 5.32 Å². The molecule has 0 aliphatic heterocycles. The van der Waals surface area contributed by atoms with E-state index in [1.165, 1.54) is 44.9 Å². The van der Waals surface area contributed by atoms with Crippen LogP contribution in [0.5, 0.6) is 0 Å². The van der Waals surface area contributed by atoms with Crippen molar-refractivity contribution in [2.75, 3.05) is 6.54 Å². The molecule has 13 heavy (non-hydrogen) atoms. The molecule has 0 unspecified atom stereocenters. The van der Waals surface area contributed by atoms with Crippen LogP contribution in [0, 0.1) is 0 Å². The SMILES string of the molecule is C=CC1(NCCCC)CCCCC1. The summed E-state index contributed by atoms with van der Waals surface area (Å²) in [7, 11) is 0. The normalized spacial score (nSPS) is 21.3. The van der Waals surface area contributed by atoms with E-state index in [1.54, 1.807) is 0 Å². The summed E-state index contributed by atoms with van der Waals surface area (Å²) in [6, 6.07) is 0. The molecule has 1 aliphatic rings. The lowest BCUT2D eigenvalue weighted by atomic mass is 9.82. The number of hydrogen-bond donors (Lipinski definition) is 1. The number of hydrogen-bond acceptors (Lipinski definition) is 1. The number of rotatable bonds is 5. The van der Waals surface area contributed by atoms with Gasteiger partial charge in [-0.15, -0.1) is 6.58 Å². The van der Waals surface area contributed by atoms with Crippen molar-refractivity contribution < 1.29 is 0 Å². The third-order valence-corrected chi connectivity index (χ3v) is 3.14. The summed E-state index contributed by atoms with van der Waals surface area (Å²) in [5.74, 6) is 0. The van der Waals surface area contributed by atoms with E-state index < -0.39 is 0 Å². The first-order chi connectivity index (χ1) is 6.33. The summed E-state index contributed by atoms with van der Waals surface area (Å²) in [5, 5.41) is 3.67. The summed E-state index contributed by atoms with van der Waals surface area (Å²) < 4.78 is 0. The highest BCUT2D eigenvalue weighted by molar-refractivity contribution is 5.04. The van der Waals surface area contributed by atoms with Crippen LogP contribution in [0.1, 0.15) is 51.9 Å². The van der Waals surface area contributed by atoms with Crippen LogP contribution in [0.4, 0.5) is 0 Å². The van der Waals surface area contributed by atoms with Crippen molar-refractivity contribution in [2.45, 2.75) is 57.4 Å². The Hall–Kier alpha value is -0.300. The van der Waals surface area contributed by atoms with E-state index in [9.17, 15) is 0 Å². The third kappa shape index (κ3) is 3.15. The minimum absolute atomic E-state index is 0.285. The standard InChI is InChI=1S/C12H23N/c1-3-5-11-13-12(4-2)9-7-6-8-10-12/h4,13H,2-3,5-11H2,1H3. The van der Waals surface area contributed by atoms with E-state index in [2.05, 4.69) is 24.9 Å². The minimum Gasteiger partial charge on any atom is -0.308 e. The maximum Gasteiger partial charge on any atom is 0.0361 e. The minimum atomic E-state index is 0.285. The van der Waals surface area contributed by atoms with Crippen molar-refractivity contribution in [3.8, 4) is 0 Å². The quantitative estimate of drug-likeness (QED) is 0.507. The molecule has 0 bridgehead atoms. The molecule has 76 valence electrons. The van der Waals surface area contributed by atoms with Crippen LogP contribution in [-0.4, -0.2) is 12.1 Å². The van der Waals surface area contributed by atoms with Crippen LogP contribution in [0.15, 0.2) is 12.7 Å². The van der Waals surface area contributed by atoms with Gasteiger partial charge in [-0.05, 0) is 25.8 Å². The Bertz CT molecular complexity index is 145. The molecular formula is C12H23N. The zero-order chi connectivity index (χ0) is 9.57. The van der Waals surface area contributed by atoms with Crippen LogP contribution >= 0.6 is 0 Å². The highest BCUT2D eigenvalue weighted by atomic mass is 15.0. The molecular weight excluding hydrogens is 158 g/mol. The second-order valence-electron chi connectivity index (χ2n) is 4.20. The van der Waals surface area contributed by atoms with Gasteiger partial charge in [-0.25, -0.2) is 0 Å². The van der Waals surface area contributed by atoms with E-state index in [0.717, 1.165) is 6.54 Å². The zero-order valence-corrected chi connectivity index (χ0v) is 8.94. The molecule has 0 saturated heterocycles. The summed E-state index contributed by atoms with van der Waals surface area (Å²) in [5.41, 5.74) is 0.285. The average molecular weight is 181 g/mol. The molecule has 1 rings (SSSR count). The highest BCUT2D eigenvalue weighted by Crippen LogP contribution is 2.28. The molecule has 0 spiro atoms. The van der Waals surface area contributed by atoms with Gasteiger partial charge in [0, 0.05) is 5.54 Å². The van der Waals surface area contributed by atoms with Gasteiger partial charge >= 0.3 is 0 Å². The molecule has 0 heterocycles. The first-order valence-corrected chi connectivity index (χ1v) is 5.71. The van der Waals surface area contributed by atoms with Crippen molar-refractivity contribution in [3.05, 3.63) is 12.7 Å². The molecule has 1 nitrogen and oxygen atoms in total. The van der Waals surface area contributed by atoms with Crippen molar-refractivity contribution in [3.63, 3.8) is 0 Å². The van der Waals surface area contributed by atoms with Crippen LogP contribution in [-0.2, 0) is 0 Å². The van der Waals surface area contributed by atoms with E-state index >= 15 is 0 Å². The Labute approximate surface area is 82.6 Å². The largest absolute Gasteiger partial charge is 0.308 e. The lowest BCUT2D eigenvalue weighted by Gasteiger charge is -2.35. The topological polar surface area (TPSA) is 12.0 Å². The van der Waals surface area contributed by atoms with Gasteiger partial charge in [-0.1, -0.05) is 38.7 Å². The molecule has 1 heteroatoms. The van der Waals surface area contributed by atoms with Gasteiger partial charge in [-0.3, -0.25) is 0 Å². The summed E-state index contributed by atoms with van der Waals surface area (Å²) >= 11 is 0. The molecule has 0 aromatic heterocycles. The van der Waals surface area contributed by atoms with Crippen LogP contribution in [0.2, 0.25) is 0 Å². The molecule has 1 fully saturated rings. The van der Waals surface area contributed by atoms with Crippen molar-refractivity contribution in [1.29, 1.82) is 0 Å². The molecule has 0 atom stereocenters. The predicted octanol–water partition coefficient (Wildman–Crippen LogP) is 3.27. The maximum atomic E-state index is 3.97. The van der Waals surface area contributed by atoms with Gasteiger partial charge in [-0.2, -0.15) is 0 Å². The lowest BCUT2D eigenvalue weighted by Crippen LogP contribution is -2.45. The Morgan fingerprint density at radius 3 is 2.54 bits per heavy atom. The number of nitrogens with one attached hydrogen (secondary N) is 1. The Kier molecular flexibility index (Phi) is 4.51. The molecule has 0 aromatic rings. The lowest BCUT2D eigenvalue weighted by molar-refractivity contribution is 0.289. The van der Waals surface area contributed by atoms with Crippen molar-refractivity contribution >= 4 is 0 Å².